The second-order valence-corrected chi connectivity index (χ2v) is 18.8. The van der Waals surface area contributed by atoms with Crippen molar-refractivity contribution in [2.24, 2.45) is 17.8 Å². The molecular weight excluding hydrogens is 785 g/mol. The van der Waals surface area contributed by atoms with Crippen LogP contribution >= 0.6 is 0 Å². The first-order valence-electron chi connectivity index (χ1n) is 22.6. The minimum atomic E-state index is -0.683. The van der Waals surface area contributed by atoms with Crippen molar-refractivity contribution in [3.63, 3.8) is 0 Å². The molecule has 2 unspecified atom stereocenters. The molecule has 3 fully saturated rings. The minimum Gasteiger partial charge on any atom is -0.453 e. The maximum Gasteiger partial charge on any atom is 0.407 e. The Morgan fingerprint density at radius 2 is 1.24 bits per heavy atom. The summed E-state index contributed by atoms with van der Waals surface area (Å²) in [7, 11) is 2.63. The van der Waals surface area contributed by atoms with Gasteiger partial charge >= 0.3 is 12.2 Å². The monoisotopic (exact) mass is 844 g/mol. The van der Waals surface area contributed by atoms with Gasteiger partial charge in [-0.25, -0.2) is 19.6 Å². The van der Waals surface area contributed by atoms with Crippen LogP contribution in [0.3, 0.4) is 0 Å². The Bertz CT molecular complexity index is 2400. The largest absolute Gasteiger partial charge is 0.453 e. The van der Waals surface area contributed by atoms with Crippen LogP contribution < -0.4 is 10.6 Å². The van der Waals surface area contributed by atoms with Crippen LogP contribution in [0.15, 0.2) is 36.7 Å². The lowest BCUT2D eigenvalue weighted by atomic mass is 9.87. The van der Waals surface area contributed by atoms with Crippen LogP contribution in [0.1, 0.15) is 113 Å². The third kappa shape index (κ3) is 7.12. The van der Waals surface area contributed by atoms with Gasteiger partial charge < -0.3 is 39.9 Å². The van der Waals surface area contributed by atoms with Crippen LogP contribution in [-0.2, 0) is 50.3 Å². The second-order valence-electron chi connectivity index (χ2n) is 18.8. The highest BCUT2D eigenvalue weighted by Crippen LogP contribution is 2.53. The standard InChI is InChI=1S/C48H60N8O6/c1-26(2)40(53-46(59)61-5)43(57)55-21-9-14-39(55)42-49-23-37(51-42)35-17-15-33(29-10-7-12-31(29)35)34-16-18-36(32-13-8-11-30(32)34)38-24-50-45(52-38)48-20-19-28(22-48)25-56(48)44(58)41(27(3)4)54-47(60)62-6/h15-18,23-24,26-28,39-41H,7-14,19-22,25H2,1-6H3,(H,49,51)(H,50,52)(H,53,59)(H,54,60)/t28?,39-,40-,41-,48?/m0/s1. The van der Waals surface area contributed by atoms with Crippen molar-refractivity contribution < 1.29 is 28.7 Å². The molecule has 5 aliphatic rings. The van der Waals surface area contributed by atoms with Crippen molar-refractivity contribution in [2.75, 3.05) is 27.3 Å². The van der Waals surface area contributed by atoms with Gasteiger partial charge in [-0.3, -0.25) is 9.59 Å². The van der Waals surface area contributed by atoms with Gasteiger partial charge in [0.1, 0.15) is 29.3 Å². The van der Waals surface area contributed by atoms with Crippen LogP contribution in [0, 0.1) is 17.8 Å². The summed E-state index contributed by atoms with van der Waals surface area (Å²) in [4.78, 5) is 73.3. The fraction of sp³-hybridized carbons (Fsp3) is 0.542. The van der Waals surface area contributed by atoms with Crippen molar-refractivity contribution in [1.82, 2.24) is 40.4 Å². The molecule has 328 valence electrons. The molecule has 2 aromatic heterocycles. The number of hydrogen-bond acceptors (Lipinski definition) is 8. The Morgan fingerprint density at radius 3 is 1.81 bits per heavy atom. The van der Waals surface area contributed by atoms with Gasteiger partial charge in [0, 0.05) is 24.2 Å². The number of amides is 4. The molecule has 2 bridgehead atoms. The molecule has 14 heteroatoms. The highest BCUT2D eigenvalue weighted by atomic mass is 16.5. The Balaban J connectivity index is 0.980. The second kappa shape index (κ2) is 16.6. The summed E-state index contributed by atoms with van der Waals surface area (Å²) in [6, 6.07) is 7.53. The number of hydrogen-bond donors (Lipinski definition) is 4. The van der Waals surface area contributed by atoms with E-state index in [0.717, 1.165) is 99.2 Å². The molecule has 4 N–H and O–H groups in total. The fourth-order valence-electron chi connectivity index (χ4n) is 11.4. The normalized spacial score (nSPS) is 22.3. The average molecular weight is 845 g/mol. The summed E-state index contributed by atoms with van der Waals surface area (Å²) in [5.41, 5.74) is 11.9. The highest BCUT2D eigenvalue weighted by molar-refractivity contribution is 5.88. The maximum absolute atomic E-state index is 14.1. The molecule has 2 aliphatic heterocycles. The Hall–Kier alpha value is -5.66. The molecule has 4 aromatic rings. The molecule has 0 spiro atoms. The van der Waals surface area contributed by atoms with Crippen molar-refractivity contribution in [3.05, 3.63) is 70.6 Å². The van der Waals surface area contributed by atoms with Crippen LogP contribution in [0.2, 0.25) is 0 Å². The predicted molar refractivity (Wildman–Crippen MR) is 234 cm³/mol. The summed E-state index contributed by atoms with van der Waals surface area (Å²) in [6.45, 7) is 9.01. The molecule has 9 rings (SSSR count). The van der Waals surface area contributed by atoms with E-state index < -0.39 is 29.8 Å². The lowest BCUT2D eigenvalue weighted by molar-refractivity contribution is -0.140. The maximum atomic E-state index is 14.1. The molecule has 14 nitrogen and oxygen atoms in total. The fourth-order valence-corrected chi connectivity index (χ4v) is 11.4. The number of carbonyl (C=O) groups is 4. The van der Waals surface area contributed by atoms with Crippen LogP contribution in [-0.4, -0.2) is 93.1 Å². The number of likely N-dealkylation sites (tertiary alicyclic amines) is 2. The van der Waals surface area contributed by atoms with E-state index in [1.54, 1.807) is 0 Å². The van der Waals surface area contributed by atoms with E-state index in [2.05, 4.69) is 44.9 Å². The van der Waals surface area contributed by atoms with E-state index in [9.17, 15) is 19.2 Å². The zero-order chi connectivity index (χ0) is 43.4. The summed E-state index contributed by atoms with van der Waals surface area (Å²) in [6.07, 6.45) is 13.3. The number of H-pyrrole nitrogens is 2. The smallest absolute Gasteiger partial charge is 0.407 e. The average Bonchev–Trinajstić information content (AvgIpc) is 4.12. The first-order chi connectivity index (χ1) is 29.9. The molecule has 4 heterocycles. The lowest BCUT2D eigenvalue weighted by Gasteiger charge is -2.40. The van der Waals surface area contributed by atoms with Gasteiger partial charge in [0.2, 0.25) is 11.8 Å². The molecule has 3 aliphatic carbocycles. The van der Waals surface area contributed by atoms with Gasteiger partial charge in [0.15, 0.2) is 0 Å². The third-order valence-electron chi connectivity index (χ3n) is 14.5. The first-order valence-corrected chi connectivity index (χ1v) is 22.6. The van der Waals surface area contributed by atoms with Gasteiger partial charge in [0.05, 0.1) is 44.0 Å². The number of aromatic amines is 2. The Morgan fingerprint density at radius 1 is 0.710 bits per heavy atom. The number of imidazole rings is 2. The Labute approximate surface area is 363 Å². The van der Waals surface area contributed by atoms with E-state index in [-0.39, 0.29) is 29.7 Å². The van der Waals surface area contributed by atoms with Crippen molar-refractivity contribution in [3.8, 4) is 33.6 Å². The Kier molecular flexibility index (Phi) is 11.1. The number of piperidine rings is 1. The van der Waals surface area contributed by atoms with Crippen molar-refractivity contribution in [1.29, 1.82) is 0 Å². The van der Waals surface area contributed by atoms with Crippen LogP contribution in [0.4, 0.5) is 9.59 Å². The molecule has 62 heavy (non-hydrogen) atoms. The summed E-state index contributed by atoms with van der Waals surface area (Å²) < 4.78 is 9.68. The van der Waals surface area contributed by atoms with E-state index in [1.807, 2.05) is 49.9 Å². The number of methoxy groups -OCH3 is 2. The number of carbonyl (C=O) groups excluding carboxylic acids is 4. The number of nitrogens with one attached hydrogen (secondary N) is 4. The van der Waals surface area contributed by atoms with E-state index in [0.29, 0.717) is 19.0 Å². The topological polar surface area (TPSA) is 175 Å². The number of rotatable bonds is 11. The SMILES string of the molecule is COC(=O)N[C@H](C(=O)N1CCC[C@H]1c1ncc(-c2ccc(-c3ccc(-c4cnc(C56CCC(CN5C(=O)[C@@H](NC(=O)OC)C(C)C)C6)[nH]4)c4c3CCC4)c3c2CCC3)[nH]1)C(C)C. The van der Waals surface area contributed by atoms with Gasteiger partial charge in [-0.15, -0.1) is 0 Å². The summed E-state index contributed by atoms with van der Waals surface area (Å²) in [5.74, 6) is 1.60. The zero-order valence-electron chi connectivity index (χ0n) is 36.9. The van der Waals surface area contributed by atoms with E-state index in [4.69, 9.17) is 19.4 Å². The van der Waals surface area contributed by atoms with E-state index >= 15 is 0 Å². The number of benzene rings is 2. The van der Waals surface area contributed by atoms with Gasteiger partial charge in [-0.1, -0.05) is 52.0 Å². The van der Waals surface area contributed by atoms with Gasteiger partial charge in [0.25, 0.3) is 0 Å². The molecule has 5 atom stereocenters. The molecule has 2 aromatic carbocycles. The minimum absolute atomic E-state index is 0.0825. The van der Waals surface area contributed by atoms with Gasteiger partial charge in [-0.2, -0.15) is 0 Å². The summed E-state index contributed by atoms with van der Waals surface area (Å²) >= 11 is 0. The van der Waals surface area contributed by atoms with E-state index in [1.165, 1.54) is 53.2 Å². The number of ether oxygens (including phenoxy) is 2. The predicted octanol–water partition coefficient (Wildman–Crippen LogP) is 7.37. The van der Waals surface area contributed by atoms with Gasteiger partial charge in [-0.05, 0) is 122 Å². The number of alkyl carbamates (subject to hydrolysis) is 2. The molecule has 2 saturated heterocycles. The number of nitrogens with zero attached hydrogens (tertiary/aromatic N) is 4. The third-order valence-corrected chi connectivity index (χ3v) is 14.5. The van der Waals surface area contributed by atoms with Crippen LogP contribution in [0.25, 0.3) is 33.6 Å². The number of aromatic nitrogens is 4. The van der Waals surface area contributed by atoms with Crippen molar-refractivity contribution >= 4 is 24.0 Å². The van der Waals surface area contributed by atoms with Crippen molar-refractivity contribution in [2.45, 2.75) is 122 Å². The quantitative estimate of drug-likeness (QED) is 0.121. The van der Waals surface area contributed by atoms with Crippen LogP contribution in [0.5, 0.6) is 0 Å². The molecule has 1 saturated carbocycles. The lowest BCUT2D eigenvalue weighted by Crippen LogP contribution is -2.56. The summed E-state index contributed by atoms with van der Waals surface area (Å²) in [5, 5.41) is 5.53. The zero-order valence-corrected chi connectivity index (χ0v) is 36.9. The molecule has 0 radical (unpaired) electrons. The molecular formula is C48H60N8O6. The first kappa shape index (κ1) is 41.7. The highest BCUT2D eigenvalue weighted by Gasteiger charge is 2.56. The molecule has 4 amide bonds. The number of fused-ring (bicyclic) bond motifs is 4.